The number of piperidine rings is 1. The zero-order valence-corrected chi connectivity index (χ0v) is 8.16. The minimum Gasteiger partial charge on any atom is -0.297 e. The third-order valence-electron chi connectivity index (χ3n) is 2.82. The maximum absolute atomic E-state index is 4.16. The number of nitrogens with zero attached hydrogens (tertiary/aromatic N) is 2. The van der Waals surface area contributed by atoms with E-state index in [4.69, 9.17) is 0 Å². The van der Waals surface area contributed by atoms with Gasteiger partial charge in [0.05, 0.1) is 5.69 Å². The lowest BCUT2D eigenvalue weighted by Gasteiger charge is -2.29. The van der Waals surface area contributed by atoms with Crippen LogP contribution >= 0.6 is 0 Å². The molecule has 1 aliphatic heterocycles. The zero-order valence-electron chi connectivity index (χ0n) is 8.16. The van der Waals surface area contributed by atoms with Gasteiger partial charge in [-0.2, -0.15) is 5.10 Å². The minimum absolute atomic E-state index is 0.912. The normalized spacial score (nSPS) is 20.7. The molecule has 0 amide bonds. The van der Waals surface area contributed by atoms with Gasteiger partial charge in [0.25, 0.3) is 0 Å². The van der Waals surface area contributed by atoms with Crippen LogP contribution in [-0.2, 0) is 6.54 Å². The first-order valence-electron chi connectivity index (χ1n) is 5.05. The standard InChI is InChI=1S/C10H17N3/c1-9-3-6-13(7-4-9)8-10-2-5-11-12-10/h2,5,9H,3-4,6-8H2,1H3,(H,11,12). The Morgan fingerprint density at radius 2 is 2.31 bits per heavy atom. The predicted octanol–water partition coefficient (Wildman–Crippen LogP) is 1.64. The van der Waals surface area contributed by atoms with Gasteiger partial charge in [-0.1, -0.05) is 6.92 Å². The largest absolute Gasteiger partial charge is 0.297 e. The third kappa shape index (κ3) is 2.31. The maximum atomic E-state index is 4.16. The Kier molecular flexibility index (Phi) is 2.64. The number of aromatic nitrogens is 2. The fourth-order valence-electron chi connectivity index (χ4n) is 1.83. The topological polar surface area (TPSA) is 31.9 Å². The van der Waals surface area contributed by atoms with E-state index in [0.29, 0.717) is 0 Å². The average Bonchev–Trinajstić information content (AvgIpc) is 2.62. The van der Waals surface area contributed by atoms with Crippen LogP contribution in [0.2, 0.25) is 0 Å². The van der Waals surface area contributed by atoms with Crippen molar-refractivity contribution in [3.05, 3.63) is 18.0 Å². The Labute approximate surface area is 79.1 Å². The van der Waals surface area contributed by atoms with Gasteiger partial charge in [-0.05, 0) is 37.9 Å². The second-order valence-electron chi connectivity index (χ2n) is 4.02. The van der Waals surface area contributed by atoms with E-state index in [2.05, 4.69) is 28.1 Å². The van der Waals surface area contributed by atoms with E-state index in [-0.39, 0.29) is 0 Å². The smallest absolute Gasteiger partial charge is 0.0762 e. The molecule has 2 rings (SSSR count). The summed E-state index contributed by atoms with van der Waals surface area (Å²) in [5.74, 6) is 0.912. The van der Waals surface area contributed by atoms with Crippen LogP contribution in [0.5, 0.6) is 0 Å². The lowest BCUT2D eigenvalue weighted by molar-refractivity contribution is 0.183. The van der Waals surface area contributed by atoms with Crippen molar-refractivity contribution in [1.82, 2.24) is 15.1 Å². The third-order valence-corrected chi connectivity index (χ3v) is 2.82. The van der Waals surface area contributed by atoms with Gasteiger partial charge in [0.1, 0.15) is 0 Å². The molecule has 0 spiro atoms. The van der Waals surface area contributed by atoms with Crippen molar-refractivity contribution in [1.29, 1.82) is 0 Å². The molecular formula is C10H17N3. The Hall–Kier alpha value is -0.830. The molecule has 72 valence electrons. The molecule has 1 aromatic rings. The summed E-state index contributed by atoms with van der Waals surface area (Å²) in [6.45, 7) is 5.81. The molecule has 0 aromatic carbocycles. The highest BCUT2D eigenvalue weighted by Gasteiger charge is 2.15. The van der Waals surface area contributed by atoms with Gasteiger partial charge >= 0.3 is 0 Å². The highest BCUT2D eigenvalue weighted by atomic mass is 15.2. The van der Waals surface area contributed by atoms with E-state index in [1.807, 2.05) is 6.20 Å². The van der Waals surface area contributed by atoms with E-state index in [1.165, 1.54) is 25.9 Å². The van der Waals surface area contributed by atoms with Gasteiger partial charge in [-0.25, -0.2) is 0 Å². The Morgan fingerprint density at radius 3 is 2.92 bits per heavy atom. The number of hydrogen-bond acceptors (Lipinski definition) is 2. The predicted molar refractivity (Wildman–Crippen MR) is 52.3 cm³/mol. The molecule has 1 fully saturated rings. The van der Waals surface area contributed by atoms with Crippen molar-refractivity contribution >= 4 is 0 Å². The van der Waals surface area contributed by atoms with E-state index in [0.717, 1.165) is 18.2 Å². The summed E-state index contributed by atoms with van der Waals surface area (Å²) in [7, 11) is 0. The molecule has 0 aliphatic carbocycles. The molecule has 3 heteroatoms. The number of hydrogen-bond donors (Lipinski definition) is 1. The Balaban J connectivity index is 1.83. The summed E-state index contributed by atoms with van der Waals surface area (Å²) in [5.41, 5.74) is 1.16. The second-order valence-corrected chi connectivity index (χ2v) is 4.02. The lowest BCUT2D eigenvalue weighted by Crippen LogP contribution is -2.32. The van der Waals surface area contributed by atoms with Gasteiger partial charge in [0.2, 0.25) is 0 Å². The zero-order chi connectivity index (χ0) is 9.10. The summed E-state index contributed by atoms with van der Waals surface area (Å²) in [6.07, 6.45) is 4.57. The molecule has 1 N–H and O–H groups in total. The molecule has 1 aliphatic rings. The van der Waals surface area contributed by atoms with Crippen LogP contribution in [0, 0.1) is 5.92 Å². The molecule has 13 heavy (non-hydrogen) atoms. The number of nitrogens with one attached hydrogen (secondary N) is 1. The highest BCUT2D eigenvalue weighted by molar-refractivity contribution is 4.97. The first-order chi connectivity index (χ1) is 6.34. The summed E-state index contributed by atoms with van der Waals surface area (Å²) in [4.78, 5) is 2.48. The molecular weight excluding hydrogens is 162 g/mol. The van der Waals surface area contributed by atoms with Crippen LogP contribution in [0.3, 0.4) is 0 Å². The molecule has 0 unspecified atom stereocenters. The van der Waals surface area contributed by atoms with Crippen LogP contribution in [0.1, 0.15) is 25.5 Å². The van der Waals surface area contributed by atoms with Crippen molar-refractivity contribution < 1.29 is 0 Å². The number of rotatable bonds is 2. The summed E-state index contributed by atoms with van der Waals surface area (Å²) in [6, 6.07) is 2.05. The van der Waals surface area contributed by atoms with Crippen LogP contribution in [-0.4, -0.2) is 28.2 Å². The SMILES string of the molecule is CC1CCN(Cc2cc[nH]n2)CC1. The highest BCUT2D eigenvalue weighted by Crippen LogP contribution is 2.17. The van der Waals surface area contributed by atoms with Gasteiger partial charge in [-0.15, -0.1) is 0 Å². The molecule has 0 saturated carbocycles. The van der Waals surface area contributed by atoms with Crippen LogP contribution in [0.4, 0.5) is 0 Å². The average molecular weight is 179 g/mol. The van der Waals surface area contributed by atoms with E-state index in [1.54, 1.807) is 0 Å². The first-order valence-corrected chi connectivity index (χ1v) is 5.05. The number of aromatic amines is 1. The van der Waals surface area contributed by atoms with Crippen molar-refractivity contribution in [2.45, 2.75) is 26.3 Å². The molecule has 1 saturated heterocycles. The first kappa shape index (κ1) is 8.75. The molecule has 2 heterocycles. The number of likely N-dealkylation sites (tertiary alicyclic amines) is 1. The number of H-pyrrole nitrogens is 1. The van der Waals surface area contributed by atoms with Gasteiger partial charge in [0.15, 0.2) is 0 Å². The van der Waals surface area contributed by atoms with Gasteiger partial charge in [0, 0.05) is 12.7 Å². The fourth-order valence-corrected chi connectivity index (χ4v) is 1.83. The summed E-state index contributed by atoms with van der Waals surface area (Å²) in [5, 5.41) is 7.01. The Morgan fingerprint density at radius 1 is 1.54 bits per heavy atom. The molecule has 0 atom stereocenters. The van der Waals surface area contributed by atoms with Crippen LogP contribution in [0.25, 0.3) is 0 Å². The monoisotopic (exact) mass is 179 g/mol. The minimum atomic E-state index is 0.912. The quantitative estimate of drug-likeness (QED) is 0.748. The fraction of sp³-hybridized carbons (Fsp3) is 0.700. The van der Waals surface area contributed by atoms with Crippen molar-refractivity contribution in [2.24, 2.45) is 5.92 Å². The molecule has 0 bridgehead atoms. The van der Waals surface area contributed by atoms with Gasteiger partial charge < -0.3 is 0 Å². The summed E-state index contributed by atoms with van der Waals surface area (Å²) < 4.78 is 0. The van der Waals surface area contributed by atoms with E-state index >= 15 is 0 Å². The van der Waals surface area contributed by atoms with E-state index in [9.17, 15) is 0 Å². The van der Waals surface area contributed by atoms with Gasteiger partial charge in [-0.3, -0.25) is 10.00 Å². The molecule has 3 nitrogen and oxygen atoms in total. The van der Waals surface area contributed by atoms with Crippen molar-refractivity contribution in [3.8, 4) is 0 Å². The lowest BCUT2D eigenvalue weighted by atomic mass is 9.99. The van der Waals surface area contributed by atoms with Crippen molar-refractivity contribution in [2.75, 3.05) is 13.1 Å². The Bertz CT molecular complexity index is 235. The van der Waals surface area contributed by atoms with Crippen LogP contribution in [0.15, 0.2) is 12.3 Å². The molecule has 1 aromatic heterocycles. The molecule has 0 radical (unpaired) electrons. The van der Waals surface area contributed by atoms with Crippen LogP contribution < -0.4 is 0 Å². The summed E-state index contributed by atoms with van der Waals surface area (Å²) >= 11 is 0. The second kappa shape index (κ2) is 3.92. The van der Waals surface area contributed by atoms with Crippen molar-refractivity contribution in [3.63, 3.8) is 0 Å². The van der Waals surface area contributed by atoms with E-state index < -0.39 is 0 Å². The maximum Gasteiger partial charge on any atom is 0.0762 e.